The Balaban J connectivity index is 2.30. The average Bonchev–Trinajstić information content (AvgIpc) is 2.03. The SMILES string of the molecule is COCCC1CNC(O)CC1=O. The Hall–Kier alpha value is -0.450. The topological polar surface area (TPSA) is 58.6 Å². The van der Waals surface area contributed by atoms with E-state index in [1.54, 1.807) is 7.11 Å². The van der Waals surface area contributed by atoms with E-state index in [1.807, 2.05) is 0 Å². The number of piperidine rings is 1. The first-order chi connectivity index (χ1) is 5.74. The Bertz CT molecular complexity index is 158. The van der Waals surface area contributed by atoms with Crippen LogP contribution in [0.3, 0.4) is 0 Å². The van der Waals surface area contributed by atoms with Gasteiger partial charge in [0.05, 0.1) is 0 Å². The molecule has 1 aliphatic heterocycles. The van der Waals surface area contributed by atoms with Crippen LogP contribution in [0.2, 0.25) is 0 Å². The molecule has 2 N–H and O–H groups in total. The van der Waals surface area contributed by atoms with Crippen molar-refractivity contribution in [3.05, 3.63) is 0 Å². The van der Waals surface area contributed by atoms with Crippen molar-refractivity contribution in [3.8, 4) is 0 Å². The van der Waals surface area contributed by atoms with Crippen LogP contribution < -0.4 is 5.32 Å². The van der Waals surface area contributed by atoms with Crippen molar-refractivity contribution in [1.82, 2.24) is 5.32 Å². The van der Waals surface area contributed by atoms with E-state index in [-0.39, 0.29) is 18.1 Å². The maximum absolute atomic E-state index is 11.3. The average molecular weight is 173 g/mol. The van der Waals surface area contributed by atoms with E-state index < -0.39 is 6.23 Å². The zero-order valence-electron chi connectivity index (χ0n) is 7.25. The van der Waals surface area contributed by atoms with Crippen molar-refractivity contribution in [2.75, 3.05) is 20.3 Å². The minimum atomic E-state index is -0.642. The molecule has 2 atom stereocenters. The summed E-state index contributed by atoms with van der Waals surface area (Å²) in [5.41, 5.74) is 0. The molecule has 0 aromatic carbocycles. The number of ether oxygens (including phenoxy) is 1. The molecule has 0 aromatic heterocycles. The van der Waals surface area contributed by atoms with E-state index >= 15 is 0 Å². The highest BCUT2D eigenvalue weighted by molar-refractivity contribution is 5.82. The van der Waals surface area contributed by atoms with Crippen LogP contribution >= 0.6 is 0 Å². The van der Waals surface area contributed by atoms with E-state index in [2.05, 4.69) is 5.32 Å². The van der Waals surface area contributed by atoms with Crippen molar-refractivity contribution in [2.45, 2.75) is 19.1 Å². The second-order valence-corrected chi connectivity index (χ2v) is 3.07. The molecule has 0 spiro atoms. The molecule has 0 aliphatic carbocycles. The monoisotopic (exact) mass is 173 g/mol. The highest BCUT2D eigenvalue weighted by Gasteiger charge is 2.26. The Kier molecular flexibility index (Phi) is 3.65. The third kappa shape index (κ3) is 2.55. The summed E-state index contributed by atoms with van der Waals surface area (Å²) in [6.07, 6.45) is 0.333. The Morgan fingerprint density at radius 1 is 1.75 bits per heavy atom. The van der Waals surface area contributed by atoms with Crippen LogP contribution in [-0.4, -0.2) is 37.4 Å². The van der Waals surface area contributed by atoms with Crippen molar-refractivity contribution in [2.24, 2.45) is 5.92 Å². The van der Waals surface area contributed by atoms with Gasteiger partial charge >= 0.3 is 0 Å². The summed E-state index contributed by atoms with van der Waals surface area (Å²) in [6.45, 7) is 1.18. The van der Waals surface area contributed by atoms with Crippen LogP contribution in [0.5, 0.6) is 0 Å². The van der Waals surface area contributed by atoms with Gasteiger partial charge < -0.3 is 9.84 Å². The molecule has 1 saturated heterocycles. The molecular weight excluding hydrogens is 158 g/mol. The van der Waals surface area contributed by atoms with Gasteiger partial charge in [0.2, 0.25) is 0 Å². The van der Waals surface area contributed by atoms with E-state index in [0.717, 1.165) is 6.42 Å². The molecule has 4 nitrogen and oxygen atoms in total. The highest BCUT2D eigenvalue weighted by Crippen LogP contribution is 2.12. The van der Waals surface area contributed by atoms with Crippen LogP contribution in [0.25, 0.3) is 0 Å². The van der Waals surface area contributed by atoms with Gasteiger partial charge in [0.15, 0.2) is 0 Å². The number of methoxy groups -OCH3 is 1. The Morgan fingerprint density at radius 3 is 3.08 bits per heavy atom. The molecule has 1 aliphatic rings. The first-order valence-corrected chi connectivity index (χ1v) is 4.17. The second kappa shape index (κ2) is 4.54. The summed E-state index contributed by atoms with van der Waals surface area (Å²) in [7, 11) is 1.62. The number of nitrogens with one attached hydrogen (secondary N) is 1. The molecule has 0 amide bonds. The number of rotatable bonds is 3. The standard InChI is InChI=1S/C8H15NO3/c1-12-3-2-6-5-9-8(11)4-7(6)10/h6,8-9,11H,2-5H2,1H3. The van der Waals surface area contributed by atoms with Gasteiger partial charge in [-0.05, 0) is 6.42 Å². The predicted molar refractivity (Wildman–Crippen MR) is 43.6 cm³/mol. The van der Waals surface area contributed by atoms with Crippen LogP contribution in [0.15, 0.2) is 0 Å². The molecule has 0 saturated carbocycles. The van der Waals surface area contributed by atoms with Gasteiger partial charge in [-0.15, -0.1) is 0 Å². The van der Waals surface area contributed by atoms with Crippen molar-refractivity contribution < 1.29 is 14.6 Å². The van der Waals surface area contributed by atoms with E-state index in [1.165, 1.54) is 0 Å². The van der Waals surface area contributed by atoms with Crippen LogP contribution in [0.4, 0.5) is 0 Å². The third-order valence-electron chi connectivity index (χ3n) is 2.12. The number of hydrogen-bond acceptors (Lipinski definition) is 4. The van der Waals surface area contributed by atoms with Gasteiger partial charge in [-0.2, -0.15) is 0 Å². The van der Waals surface area contributed by atoms with Gasteiger partial charge in [0, 0.05) is 32.6 Å². The largest absolute Gasteiger partial charge is 0.385 e. The molecule has 0 radical (unpaired) electrons. The molecule has 0 aromatic rings. The molecule has 0 bridgehead atoms. The summed E-state index contributed by atoms with van der Waals surface area (Å²) < 4.78 is 4.88. The van der Waals surface area contributed by atoms with Gasteiger partial charge in [0.25, 0.3) is 0 Å². The Morgan fingerprint density at radius 2 is 2.50 bits per heavy atom. The molecule has 1 heterocycles. The number of ketones is 1. The number of carbonyl (C=O) groups excluding carboxylic acids is 1. The normalized spacial score (nSPS) is 30.7. The van der Waals surface area contributed by atoms with Gasteiger partial charge in [-0.3, -0.25) is 10.1 Å². The molecule has 1 rings (SSSR count). The molecule has 12 heavy (non-hydrogen) atoms. The summed E-state index contributed by atoms with van der Waals surface area (Å²) in [4.78, 5) is 11.3. The number of carbonyl (C=O) groups is 1. The first kappa shape index (κ1) is 9.64. The number of Topliss-reactive ketones (excluding diaryl/α,β-unsaturated/α-hetero) is 1. The summed E-state index contributed by atoms with van der Waals surface area (Å²) in [5, 5.41) is 11.9. The second-order valence-electron chi connectivity index (χ2n) is 3.07. The van der Waals surface area contributed by atoms with Crippen LogP contribution in [0.1, 0.15) is 12.8 Å². The first-order valence-electron chi connectivity index (χ1n) is 4.17. The van der Waals surface area contributed by atoms with Gasteiger partial charge in [0.1, 0.15) is 12.0 Å². The summed E-state index contributed by atoms with van der Waals surface area (Å²) in [6, 6.07) is 0. The lowest BCUT2D eigenvalue weighted by Crippen LogP contribution is -2.44. The minimum absolute atomic E-state index is 0.0216. The highest BCUT2D eigenvalue weighted by atomic mass is 16.5. The molecular formula is C8H15NO3. The lowest BCUT2D eigenvalue weighted by atomic mass is 9.94. The number of hydrogen-bond donors (Lipinski definition) is 2. The molecule has 4 heteroatoms. The lowest BCUT2D eigenvalue weighted by molar-refractivity contribution is -0.128. The molecule has 70 valence electrons. The molecule has 1 fully saturated rings. The maximum Gasteiger partial charge on any atom is 0.141 e. The van der Waals surface area contributed by atoms with Crippen molar-refractivity contribution >= 4 is 5.78 Å². The fourth-order valence-electron chi connectivity index (χ4n) is 1.34. The van der Waals surface area contributed by atoms with Gasteiger partial charge in [-0.1, -0.05) is 0 Å². The quantitative estimate of drug-likeness (QED) is 0.605. The minimum Gasteiger partial charge on any atom is -0.385 e. The summed E-state index contributed by atoms with van der Waals surface area (Å²) >= 11 is 0. The number of aliphatic hydroxyl groups is 1. The van der Waals surface area contributed by atoms with Crippen molar-refractivity contribution in [3.63, 3.8) is 0 Å². The fourth-order valence-corrected chi connectivity index (χ4v) is 1.34. The maximum atomic E-state index is 11.3. The zero-order chi connectivity index (χ0) is 8.97. The fraction of sp³-hybridized carbons (Fsp3) is 0.875. The number of aliphatic hydroxyl groups excluding tert-OH is 1. The predicted octanol–water partition coefficient (Wildman–Crippen LogP) is -0.480. The molecule has 2 unspecified atom stereocenters. The van der Waals surface area contributed by atoms with E-state index in [0.29, 0.717) is 13.2 Å². The lowest BCUT2D eigenvalue weighted by Gasteiger charge is -2.25. The third-order valence-corrected chi connectivity index (χ3v) is 2.12. The van der Waals surface area contributed by atoms with Crippen LogP contribution in [0, 0.1) is 5.92 Å². The van der Waals surface area contributed by atoms with Crippen molar-refractivity contribution in [1.29, 1.82) is 0 Å². The van der Waals surface area contributed by atoms with E-state index in [4.69, 9.17) is 9.84 Å². The van der Waals surface area contributed by atoms with E-state index in [9.17, 15) is 4.79 Å². The summed E-state index contributed by atoms with van der Waals surface area (Å²) in [5.74, 6) is 0.159. The Labute approximate surface area is 71.9 Å². The zero-order valence-corrected chi connectivity index (χ0v) is 7.25. The van der Waals surface area contributed by atoms with Crippen LogP contribution in [-0.2, 0) is 9.53 Å². The smallest absolute Gasteiger partial charge is 0.141 e. The van der Waals surface area contributed by atoms with Gasteiger partial charge in [-0.25, -0.2) is 0 Å².